The van der Waals surface area contributed by atoms with Gasteiger partial charge in [-0.3, -0.25) is 14.4 Å². The second kappa shape index (κ2) is 44.9. The maximum Gasteiger partial charge on any atom is 0.306 e. The smallest absolute Gasteiger partial charge is 0.306 e. The normalized spacial score (nSPS) is 12.1. The van der Waals surface area contributed by atoms with Crippen molar-refractivity contribution < 1.29 is 28.6 Å². The Kier molecular flexibility index (Phi) is 43.7. The number of hydrogen-bond donors (Lipinski definition) is 0. The van der Waals surface area contributed by atoms with Gasteiger partial charge in [0.1, 0.15) is 13.2 Å². The molecule has 0 N–H and O–H groups in total. The lowest BCUT2D eigenvalue weighted by molar-refractivity contribution is -0.167. The van der Waals surface area contributed by atoms with Crippen LogP contribution in [0.1, 0.15) is 285 Å². The molecule has 58 heavy (non-hydrogen) atoms. The second-order valence-corrected chi connectivity index (χ2v) is 18.8. The van der Waals surface area contributed by atoms with Gasteiger partial charge in [-0.1, -0.05) is 247 Å². The molecular weight excluding hydrogens is 721 g/mol. The zero-order valence-electron chi connectivity index (χ0n) is 39.7. The summed E-state index contributed by atoms with van der Waals surface area (Å²) in [5.41, 5.74) is 0. The quantitative estimate of drug-likeness (QED) is 0.0346. The Morgan fingerprint density at radius 1 is 0.328 bits per heavy atom. The summed E-state index contributed by atoms with van der Waals surface area (Å²) in [5, 5.41) is 0. The molecule has 0 aliphatic rings. The fraction of sp³-hybridized carbons (Fsp3) is 0.942. The van der Waals surface area contributed by atoms with Crippen LogP contribution in [0.4, 0.5) is 0 Å². The van der Waals surface area contributed by atoms with Gasteiger partial charge in [0.25, 0.3) is 0 Å². The van der Waals surface area contributed by atoms with E-state index in [1.165, 1.54) is 173 Å². The number of carbonyl (C=O) groups excluding carboxylic acids is 3. The molecule has 0 unspecified atom stereocenters. The second-order valence-electron chi connectivity index (χ2n) is 18.8. The molecule has 0 aromatic carbocycles. The molecule has 0 aromatic rings. The molecular formula is C52H100O6. The fourth-order valence-corrected chi connectivity index (χ4v) is 7.81. The number of ether oxygens (including phenoxy) is 3. The Balaban J connectivity index is 4.29. The Morgan fingerprint density at radius 2 is 0.569 bits per heavy atom. The first-order valence-corrected chi connectivity index (χ1v) is 25.7. The maximum absolute atomic E-state index is 12.8. The van der Waals surface area contributed by atoms with E-state index in [1.807, 2.05) is 0 Å². The third kappa shape index (κ3) is 45.5. The summed E-state index contributed by atoms with van der Waals surface area (Å²) in [5.74, 6) is 0.753. The van der Waals surface area contributed by atoms with Gasteiger partial charge in [0.15, 0.2) is 6.10 Å². The topological polar surface area (TPSA) is 78.9 Å². The number of hydrogen-bond acceptors (Lipinski definition) is 6. The monoisotopic (exact) mass is 821 g/mol. The molecule has 1 atom stereocenters. The highest BCUT2D eigenvalue weighted by molar-refractivity contribution is 5.71. The third-order valence-corrected chi connectivity index (χ3v) is 11.7. The lowest BCUT2D eigenvalue weighted by Gasteiger charge is -2.18. The van der Waals surface area contributed by atoms with E-state index < -0.39 is 6.10 Å². The average molecular weight is 821 g/mol. The minimum atomic E-state index is -0.762. The molecule has 0 rings (SSSR count). The van der Waals surface area contributed by atoms with Crippen LogP contribution >= 0.6 is 0 Å². The Bertz CT molecular complexity index is 885. The molecule has 0 radical (unpaired) electrons. The summed E-state index contributed by atoms with van der Waals surface area (Å²) < 4.78 is 16.8. The summed E-state index contributed by atoms with van der Waals surface area (Å²) >= 11 is 0. The van der Waals surface area contributed by atoms with E-state index in [1.54, 1.807) is 0 Å². The van der Waals surface area contributed by atoms with Crippen LogP contribution in [0.5, 0.6) is 0 Å². The first-order chi connectivity index (χ1) is 28.2. The minimum absolute atomic E-state index is 0.0646. The van der Waals surface area contributed by atoms with Crippen LogP contribution in [-0.2, 0) is 28.6 Å². The molecule has 6 heteroatoms. The van der Waals surface area contributed by atoms with Crippen LogP contribution in [-0.4, -0.2) is 37.2 Å². The summed E-state index contributed by atoms with van der Waals surface area (Å²) in [6, 6.07) is 0. The van der Waals surface area contributed by atoms with E-state index >= 15 is 0 Å². The van der Waals surface area contributed by atoms with E-state index in [-0.39, 0.29) is 31.1 Å². The lowest BCUT2D eigenvalue weighted by atomic mass is 10.0. The number of unbranched alkanes of at least 4 members (excludes halogenated alkanes) is 31. The van der Waals surface area contributed by atoms with Crippen LogP contribution in [0, 0.1) is 11.8 Å². The van der Waals surface area contributed by atoms with Gasteiger partial charge >= 0.3 is 17.9 Å². The van der Waals surface area contributed by atoms with Gasteiger partial charge in [-0.05, 0) is 31.1 Å². The molecule has 0 bridgehead atoms. The van der Waals surface area contributed by atoms with Crippen molar-refractivity contribution in [2.24, 2.45) is 11.8 Å². The third-order valence-electron chi connectivity index (χ3n) is 11.7. The lowest BCUT2D eigenvalue weighted by Crippen LogP contribution is -2.30. The fourth-order valence-electron chi connectivity index (χ4n) is 7.81. The summed E-state index contributed by atoms with van der Waals surface area (Å²) in [7, 11) is 0. The van der Waals surface area contributed by atoms with E-state index in [0.29, 0.717) is 19.3 Å². The van der Waals surface area contributed by atoms with Crippen molar-refractivity contribution in [3.8, 4) is 0 Å². The first-order valence-electron chi connectivity index (χ1n) is 25.7. The van der Waals surface area contributed by atoms with Crippen molar-refractivity contribution >= 4 is 17.9 Å². The number of rotatable bonds is 46. The zero-order valence-corrected chi connectivity index (χ0v) is 39.7. The molecule has 0 fully saturated rings. The van der Waals surface area contributed by atoms with Crippen LogP contribution in [0.2, 0.25) is 0 Å². The molecule has 0 aromatic heterocycles. The van der Waals surface area contributed by atoms with Gasteiger partial charge < -0.3 is 14.2 Å². The van der Waals surface area contributed by atoms with E-state index in [0.717, 1.165) is 69.6 Å². The molecule has 344 valence electrons. The van der Waals surface area contributed by atoms with Crippen molar-refractivity contribution in [2.45, 2.75) is 291 Å². The van der Waals surface area contributed by atoms with Crippen molar-refractivity contribution in [1.29, 1.82) is 0 Å². The minimum Gasteiger partial charge on any atom is -0.462 e. The summed E-state index contributed by atoms with van der Waals surface area (Å²) in [4.78, 5) is 37.9. The van der Waals surface area contributed by atoms with Crippen molar-refractivity contribution in [2.75, 3.05) is 13.2 Å². The van der Waals surface area contributed by atoms with Crippen molar-refractivity contribution in [1.82, 2.24) is 0 Å². The van der Waals surface area contributed by atoms with E-state index in [9.17, 15) is 14.4 Å². The van der Waals surface area contributed by atoms with E-state index in [2.05, 4.69) is 34.6 Å². The summed E-state index contributed by atoms with van der Waals surface area (Å²) in [6.45, 7) is 11.3. The zero-order chi connectivity index (χ0) is 42.6. The summed E-state index contributed by atoms with van der Waals surface area (Å²) in [6.07, 6.45) is 45.2. The molecule has 0 saturated carbocycles. The SMILES string of the molecule is CCCCCCCCCCCCCCCCCCCC(=O)O[C@@H](COC(=O)CCCCCCCCCCCC(C)C)COC(=O)CCCCCCCCCCC(C)C. The van der Waals surface area contributed by atoms with Gasteiger partial charge in [0.05, 0.1) is 0 Å². The number of carbonyl (C=O) groups is 3. The molecule has 0 spiro atoms. The Labute approximate surface area is 361 Å². The highest BCUT2D eigenvalue weighted by atomic mass is 16.6. The molecule has 0 aliphatic carbocycles. The van der Waals surface area contributed by atoms with Gasteiger partial charge in [-0.2, -0.15) is 0 Å². The van der Waals surface area contributed by atoms with Crippen LogP contribution in [0.3, 0.4) is 0 Å². The van der Waals surface area contributed by atoms with E-state index in [4.69, 9.17) is 14.2 Å². The van der Waals surface area contributed by atoms with Gasteiger partial charge in [-0.25, -0.2) is 0 Å². The van der Waals surface area contributed by atoms with Gasteiger partial charge in [0.2, 0.25) is 0 Å². The van der Waals surface area contributed by atoms with Crippen molar-refractivity contribution in [3.05, 3.63) is 0 Å². The van der Waals surface area contributed by atoms with Crippen LogP contribution in [0.15, 0.2) is 0 Å². The van der Waals surface area contributed by atoms with Gasteiger partial charge in [-0.15, -0.1) is 0 Å². The largest absolute Gasteiger partial charge is 0.462 e. The van der Waals surface area contributed by atoms with Crippen LogP contribution < -0.4 is 0 Å². The highest BCUT2D eigenvalue weighted by Crippen LogP contribution is 2.17. The van der Waals surface area contributed by atoms with Crippen molar-refractivity contribution in [3.63, 3.8) is 0 Å². The molecule has 0 amide bonds. The number of esters is 3. The Morgan fingerprint density at radius 3 is 0.845 bits per heavy atom. The predicted octanol–water partition coefficient (Wildman–Crippen LogP) is 16.5. The average Bonchev–Trinajstić information content (AvgIpc) is 3.19. The Hall–Kier alpha value is -1.59. The standard InChI is InChI=1S/C52H100O6/c1-6-7-8-9-10-11-12-13-14-15-16-17-18-21-29-34-39-44-52(55)58-49(46-57-51(54)43-38-33-28-24-23-26-31-36-41-48(4)5)45-56-50(53)42-37-32-27-22-19-20-25-30-35-40-47(2)3/h47-49H,6-46H2,1-5H3/t49-/m0/s1. The predicted molar refractivity (Wildman–Crippen MR) is 247 cm³/mol. The first kappa shape index (κ1) is 56.4. The molecule has 6 nitrogen and oxygen atoms in total. The molecule has 0 heterocycles. The maximum atomic E-state index is 12.8. The highest BCUT2D eigenvalue weighted by Gasteiger charge is 2.19. The molecule has 0 saturated heterocycles. The molecule has 0 aliphatic heterocycles. The van der Waals surface area contributed by atoms with Gasteiger partial charge in [0, 0.05) is 19.3 Å². The van der Waals surface area contributed by atoms with Crippen LogP contribution in [0.25, 0.3) is 0 Å².